The van der Waals surface area contributed by atoms with Gasteiger partial charge in [-0.1, -0.05) is 42.5 Å². The number of imide groups is 1. The number of hydrogen-bond donors (Lipinski definition) is 1. The number of nitrogens with zero attached hydrogens (tertiary/aromatic N) is 2. The Hall–Kier alpha value is -2.40. The van der Waals surface area contributed by atoms with Crippen molar-refractivity contribution in [3.05, 3.63) is 54.6 Å². The van der Waals surface area contributed by atoms with Crippen LogP contribution in [-0.4, -0.2) is 49.6 Å². The van der Waals surface area contributed by atoms with Crippen LogP contribution in [0.4, 0.5) is 5.69 Å². The van der Waals surface area contributed by atoms with Gasteiger partial charge in [0, 0.05) is 5.69 Å². The van der Waals surface area contributed by atoms with Crippen LogP contribution >= 0.6 is 0 Å². The molecule has 124 valence electrons. The highest BCUT2D eigenvalue weighted by molar-refractivity contribution is 6.07. The molecule has 4 rings (SSSR count). The Morgan fingerprint density at radius 1 is 0.917 bits per heavy atom. The average molecular weight is 324 g/mol. The van der Waals surface area contributed by atoms with Crippen LogP contribution in [0.1, 0.15) is 0 Å². The fourth-order valence-corrected chi connectivity index (χ4v) is 3.80. The lowest BCUT2D eigenvalue weighted by molar-refractivity contribution is -0.907. The molecule has 2 heterocycles. The third-order valence-electron chi connectivity index (χ3n) is 5.21. The van der Waals surface area contributed by atoms with Crippen LogP contribution in [0, 0.1) is 11.8 Å². The number of piperazine rings is 1. The number of rotatable bonds is 3. The molecule has 1 aliphatic carbocycles. The number of para-hydroxylation sites is 1. The number of fused-ring (bicyclic) bond motifs is 1. The van der Waals surface area contributed by atoms with Crippen molar-refractivity contribution in [1.29, 1.82) is 0 Å². The molecule has 0 radical (unpaired) electrons. The molecule has 2 fully saturated rings. The van der Waals surface area contributed by atoms with Crippen LogP contribution in [-0.2, 0) is 9.59 Å². The maximum atomic E-state index is 12.5. The lowest BCUT2D eigenvalue weighted by Crippen LogP contribution is -3.16. The summed E-state index contributed by atoms with van der Waals surface area (Å²) < 4.78 is 0. The monoisotopic (exact) mass is 324 g/mol. The van der Waals surface area contributed by atoms with Crippen LogP contribution < -0.4 is 9.80 Å². The summed E-state index contributed by atoms with van der Waals surface area (Å²) in [6.07, 6.45) is 7.43. The second kappa shape index (κ2) is 6.24. The standard InChI is InChI=1S/C19H21N3O2/c23-18-16-8-4-5-9-17(16)19(24)22(18)14-20-10-12-21(13-11-20)15-6-2-1-3-7-15/h1-9,16-17H,10-14H2/p+1/t16-,17-/m1/s1. The number of quaternary nitrogens is 1. The smallest absolute Gasteiger partial charge is 0.241 e. The molecule has 5 heteroatoms. The Balaban J connectivity index is 1.37. The number of benzene rings is 1. The minimum atomic E-state index is -0.285. The first-order valence-corrected chi connectivity index (χ1v) is 8.58. The van der Waals surface area contributed by atoms with E-state index in [0.717, 1.165) is 26.2 Å². The minimum absolute atomic E-state index is 0.0383. The van der Waals surface area contributed by atoms with E-state index in [4.69, 9.17) is 0 Å². The molecule has 0 saturated carbocycles. The molecule has 1 N–H and O–H groups in total. The van der Waals surface area contributed by atoms with Crippen LogP contribution in [0.2, 0.25) is 0 Å². The number of amides is 2. The van der Waals surface area contributed by atoms with Gasteiger partial charge in [0.1, 0.15) is 0 Å². The zero-order chi connectivity index (χ0) is 16.5. The van der Waals surface area contributed by atoms with Crippen molar-refractivity contribution in [2.45, 2.75) is 0 Å². The first kappa shape index (κ1) is 15.1. The Morgan fingerprint density at radius 2 is 1.50 bits per heavy atom. The summed E-state index contributed by atoms with van der Waals surface area (Å²) in [5, 5.41) is 0. The van der Waals surface area contributed by atoms with Gasteiger partial charge >= 0.3 is 0 Å². The molecule has 2 atom stereocenters. The highest BCUT2D eigenvalue weighted by Gasteiger charge is 2.47. The molecule has 3 aliphatic rings. The van der Waals surface area contributed by atoms with Crippen LogP contribution in [0.25, 0.3) is 0 Å². The van der Waals surface area contributed by atoms with Crippen molar-refractivity contribution < 1.29 is 14.5 Å². The van der Waals surface area contributed by atoms with Gasteiger partial charge in [-0.25, -0.2) is 4.90 Å². The van der Waals surface area contributed by atoms with Gasteiger partial charge in [-0.2, -0.15) is 0 Å². The second-order valence-electron chi connectivity index (χ2n) is 6.66. The molecule has 1 aromatic rings. The highest BCUT2D eigenvalue weighted by Crippen LogP contribution is 2.30. The fourth-order valence-electron chi connectivity index (χ4n) is 3.80. The van der Waals surface area contributed by atoms with Crippen LogP contribution in [0.15, 0.2) is 54.6 Å². The molecular weight excluding hydrogens is 302 g/mol. The molecule has 2 aliphatic heterocycles. The number of carbonyl (C=O) groups is 2. The number of allylic oxidation sites excluding steroid dienone is 2. The van der Waals surface area contributed by atoms with Crippen LogP contribution in [0.3, 0.4) is 0 Å². The molecule has 0 unspecified atom stereocenters. The van der Waals surface area contributed by atoms with Gasteiger partial charge in [-0.15, -0.1) is 0 Å². The Morgan fingerprint density at radius 3 is 2.08 bits per heavy atom. The number of nitrogens with one attached hydrogen (secondary N) is 1. The van der Waals surface area contributed by atoms with E-state index in [1.807, 2.05) is 30.4 Å². The van der Waals surface area contributed by atoms with Crippen molar-refractivity contribution in [2.24, 2.45) is 11.8 Å². The zero-order valence-electron chi connectivity index (χ0n) is 13.6. The summed E-state index contributed by atoms with van der Waals surface area (Å²) in [6.45, 7) is 4.26. The average Bonchev–Trinajstić information content (AvgIpc) is 2.88. The van der Waals surface area contributed by atoms with E-state index in [1.165, 1.54) is 15.5 Å². The topological polar surface area (TPSA) is 45.1 Å². The van der Waals surface area contributed by atoms with Gasteiger partial charge in [-0.05, 0) is 12.1 Å². The summed E-state index contributed by atoms with van der Waals surface area (Å²) in [4.78, 5) is 30.2. The molecular formula is C19H22N3O2+. The quantitative estimate of drug-likeness (QED) is 0.801. The number of anilines is 1. The zero-order valence-corrected chi connectivity index (χ0v) is 13.6. The molecule has 0 bridgehead atoms. The summed E-state index contributed by atoms with van der Waals surface area (Å²) in [7, 11) is 0. The van der Waals surface area contributed by atoms with E-state index in [1.54, 1.807) is 0 Å². The first-order chi connectivity index (χ1) is 11.7. The van der Waals surface area contributed by atoms with E-state index < -0.39 is 0 Å². The maximum absolute atomic E-state index is 12.5. The molecule has 24 heavy (non-hydrogen) atoms. The van der Waals surface area contributed by atoms with Gasteiger partial charge in [-0.3, -0.25) is 9.59 Å². The van der Waals surface area contributed by atoms with E-state index in [0.29, 0.717) is 6.67 Å². The van der Waals surface area contributed by atoms with Gasteiger partial charge in [0.05, 0.1) is 38.0 Å². The molecule has 2 amide bonds. The van der Waals surface area contributed by atoms with E-state index >= 15 is 0 Å². The van der Waals surface area contributed by atoms with Gasteiger partial charge in [0.25, 0.3) is 0 Å². The Kier molecular flexibility index (Phi) is 3.94. The largest absolute Gasteiger partial charge is 0.360 e. The predicted octanol–water partition coefficient (Wildman–Crippen LogP) is 0.0762. The van der Waals surface area contributed by atoms with E-state index in [2.05, 4.69) is 29.2 Å². The number of hydrogen-bond acceptors (Lipinski definition) is 3. The second-order valence-corrected chi connectivity index (χ2v) is 6.66. The van der Waals surface area contributed by atoms with Crippen LogP contribution in [0.5, 0.6) is 0 Å². The van der Waals surface area contributed by atoms with Gasteiger partial charge in [0.2, 0.25) is 11.8 Å². The summed E-state index contributed by atoms with van der Waals surface area (Å²) in [5.74, 6) is -0.646. The normalized spacial score (nSPS) is 27.0. The third-order valence-corrected chi connectivity index (χ3v) is 5.21. The molecule has 5 nitrogen and oxygen atoms in total. The van der Waals surface area contributed by atoms with Gasteiger partial charge in [0.15, 0.2) is 6.67 Å². The van der Waals surface area contributed by atoms with Crippen molar-refractivity contribution >= 4 is 17.5 Å². The molecule has 1 aromatic carbocycles. The predicted molar refractivity (Wildman–Crippen MR) is 91.3 cm³/mol. The lowest BCUT2D eigenvalue weighted by atomic mass is 9.91. The maximum Gasteiger partial charge on any atom is 0.241 e. The van der Waals surface area contributed by atoms with E-state index in [9.17, 15) is 9.59 Å². The van der Waals surface area contributed by atoms with Crippen molar-refractivity contribution in [2.75, 3.05) is 37.7 Å². The third kappa shape index (κ3) is 2.65. The SMILES string of the molecule is O=C1[C@@H]2C=CC=C[C@H]2C(=O)N1C[NH+]1CCN(c2ccccc2)CC1. The summed E-state index contributed by atoms with van der Waals surface area (Å²) in [6, 6.07) is 10.4. The minimum Gasteiger partial charge on any atom is -0.360 e. The fraction of sp³-hybridized carbons (Fsp3) is 0.368. The Labute approximate surface area is 141 Å². The molecule has 0 spiro atoms. The first-order valence-electron chi connectivity index (χ1n) is 8.58. The van der Waals surface area contributed by atoms with E-state index in [-0.39, 0.29) is 23.7 Å². The van der Waals surface area contributed by atoms with Crippen molar-refractivity contribution in [3.63, 3.8) is 0 Å². The molecule has 0 aromatic heterocycles. The summed E-state index contributed by atoms with van der Waals surface area (Å²) in [5.41, 5.74) is 1.24. The van der Waals surface area contributed by atoms with Gasteiger partial charge < -0.3 is 9.80 Å². The number of likely N-dealkylation sites (tertiary alicyclic amines) is 1. The molecule has 2 saturated heterocycles. The van der Waals surface area contributed by atoms with Crippen molar-refractivity contribution in [3.8, 4) is 0 Å². The van der Waals surface area contributed by atoms with Crippen molar-refractivity contribution in [1.82, 2.24) is 4.90 Å². The number of carbonyl (C=O) groups excluding carboxylic acids is 2. The highest BCUT2D eigenvalue weighted by atomic mass is 16.2. The Bertz CT molecular complexity index is 660. The summed E-state index contributed by atoms with van der Waals surface area (Å²) >= 11 is 0. The lowest BCUT2D eigenvalue weighted by Gasteiger charge is -2.34.